The molecule has 0 atom stereocenters. The van der Waals surface area contributed by atoms with Crippen molar-refractivity contribution in [3.8, 4) is 0 Å². The van der Waals surface area contributed by atoms with Gasteiger partial charge in [0.2, 0.25) is 5.91 Å². The van der Waals surface area contributed by atoms with Gasteiger partial charge in [0, 0.05) is 13.0 Å². The maximum absolute atomic E-state index is 11.4. The number of unbranched alkanes of at least 4 members (excludes halogenated alkanes) is 2. The number of hydrogen-bond acceptors (Lipinski definition) is 1. The molecule has 30 heavy (non-hydrogen) atoms. The van der Waals surface area contributed by atoms with E-state index < -0.39 is 0 Å². The van der Waals surface area contributed by atoms with Crippen LogP contribution in [0.2, 0.25) is 0 Å². The Hall–Kier alpha value is -1.31. The Labute approximate surface area is 185 Å². The highest BCUT2D eigenvalue weighted by Crippen LogP contribution is 2.44. The third kappa shape index (κ3) is 7.13. The number of nitrogens with one attached hydrogen (secondary N) is 1. The molecule has 3 rings (SSSR count). The SMILES string of the molecule is CCCCCC1CCC(C2CCC(c3ccc(CCNC(=O)CC)cc3)CC2)CC1. The van der Waals surface area contributed by atoms with Crippen molar-refractivity contribution < 1.29 is 4.79 Å². The van der Waals surface area contributed by atoms with E-state index in [1.807, 2.05) is 6.92 Å². The van der Waals surface area contributed by atoms with E-state index in [1.54, 1.807) is 0 Å². The molecule has 0 aliphatic heterocycles. The number of rotatable bonds is 10. The van der Waals surface area contributed by atoms with Gasteiger partial charge in [0.1, 0.15) is 0 Å². The standard InChI is InChI=1S/C28H45NO/c1-3-5-6-7-22-8-12-24(13-9-22)26-16-18-27(19-17-26)25-14-10-23(11-15-25)20-21-29-28(30)4-2/h10-11,14-15,22,24,26-27H,3-9,12-13,16-21H2,1-2H3,(H,29,30). The van der Waals surface area contributed by atoms with Crippen molar-refractivity contribution in [2.45, 2.75) is 110 Å². The number of amides is 1. The molecule has 0 aromatic heterocycles. The molecule has 1 aromatic carbocycles. The van der Waals surface area contributed by atoms with Gasteiger partial charge in [-0.15, -0.1) is 0 Å². The van der Waals surface area contributed by atoms with Crippen molar-refractivity contribution in [2.24, 2.45) is 17.8 Å². The highest BCUT2D eigenvalue weighted by Gasteiger charge is 2.31. The number of hydrogen-bond donors (Lipinski definition) is 1. The van der Waals surface area contributed by atoms with E-state index in [4.69, 9.17) is 0 Å². The molecule has 1 N–H and O–H groups in total. The Balaban J connectivity index is 1.37. The van der Waals surface area contributed by atoms with Crippen LogP contribution in [0.15, 0.2) is 24.3 Å². The molecule has 0 heterocycles. The summed E-state index contributed by atoms with van der Waals surface area (Å²) in [5.41, 5.74) is 2.87. The molecule has 2 heteroatoms. The van der Waals surface area contributed by atoms with Crippen LogP contribution in [-0.4, -0.2) is 12.5 Å². The molecular formula is C28H45NO. The van der Waals surface area contributed by atoms with E-state index in [9.17, 15) is 4.79 Å². The van der Waals surface area contributed by atoms with Gasteiger partial charge in [0.05, 0.1) is 0 Å². The van der Waals surface area contributed by atoms with Crippen LogP contribution in [0.1, 0.15) is 114 Å². The fraction of sp³-hybridized carbons (Fsp3) is 0.750. The van der Waals surface area contributed by atoms with Crippen molar-refractivity contribution in [1.29, 1.82) is 0 Å². The van der Waals surface area contributed by atoms with Crippen molar-refractivity contribution in [3.63, 3.8) is 0 Å². The number of benzene rings is 1. The van der Waals surface area contributed by atoms with Gasteiger partial charge in [-0.2, -0.15) is 0 Å². The van der Waals surface area contributed by atoms with Gasteiger partial charge >= 0.3 is 0 Å². The Morgan fingerprint density at radius 2 is 1.50 bits per heavy atom. The first-order valence-electron chi connectivity index (χ1n) is 13.0. The third-order valence-corrected chi connectivity index (χ3v) is 8.05. The molecular weight excluding hydrogens is 366 g/mol. The molecule has 1 aromatic rings. The fourth-order valence-electron chi connectivity index (χ4n) is 5.98. The summed E-state index contributed by atoms with van der Waals surface area (Å²) in [6.07, 6.45) is 18.9. The van der Waals surface area contributed by atoms with Crippen LogP contribution in [-0.2, 0) is 11.2 Å². The molecule has 2 saturated carbocycles. The molecule has 2 aliphatic carbocycles. The third-order valence-electron chi connectivity index (χ3n) is 8.05. The lowest BCUT2D eigenvalue weighted by molar-refractivity contribution is -0.120. The van der Waals surface area contributed by atoms with Crippen LogP contribution in [0.5, 0.6) is 0 Å². The second-order valence-electron chi connectivity index (χ2n) is 10.1. The first kappa shape index (κ1) is 23.4. The largest absolute Gasteiger partial charge is 0.356 e. The lowest BCUT2D eigenvalue weighted by atomic mass is 9.68. The molecule has 2 aliphatic rings. The average Bonchev–Trinajstić information content (AvgIpc) is 2.80. The van der Waals surface area contributed by atoms with E-state index in [0.29, 0.717) is 6.42 Å². The minimum Gasteiger partial charge on any atom is -0.356 e. The molecule has 168 valence electrons. The summed E-state index contributed by atoms with van der Waals surface area (Å²) in [5.74, 6) is 3.97. The van der Waals surface area contributed by atoms with Crippen LogP contribution in [0.3, 0.4) is 0 Å². The molecule has 0 bridgehead atoms. The smallest absolute Gasteiger partial charge is 0.219 e. The predicted octanol–water partition coefficient (Wildman–Crippen LogP) is 7.42. The average molecular weight is 412 g/mol. The lowest BCUT2D eigenvalue weighted by Gasteiger charge is -2.38. The zero-order chi connectivity index (χ0) is 21.2. The molecule has 0 unspecified atom stereocenters. The van der Waals surface area contributed by atoms with Gasteiger partial charge in [-0.3, -0.25) is 4.79 Å². The molecule has 2 fully saturated rings. The van der Waals surface area contributed by atoms with Crippen LogP contribution in [0.4, 0.5) is 0 Å². The summed E-state index contributed by atoms with van der Waals surface area (Å²) in [6, 6.07) is 9.26. The molecule has 0 saturated heterocycles. The predicted molar refractivity (Wildman–Crippen MR) is 128 cm³/mol. The highest BCUT2D eigenvalue weighted by molar-refractivity contribution is 5.75. The van der Waals surface area contributed by atoms with Crippen LogP contribution in [0, 0.1) is 17.8 Å². The fourth-order valence-corrected chi connectivity index (χ4v) is 5.98. The Bertz CT molecular complexity index is 606. The summed E-state index contributed by atoms with van der Waals surface area (Å²) < 4.78 is 0. The van der Waals surface area contributed by atoms with E-state index in [1.165, 1.54) is 88.2 Å². The van der Waals surface area contributed by atoms with Gasteiger partial charge in [-0.05, 0) is 79.7 Å². The first-order valence-corrected chi connectivity index (χ1v) is 13.0. The Morgan fingerprint density at radius 3 is 2.10 bits per heavy atom. The topological polar surface area (TPSA) is 29.1 Å². The van der Waals surface area contributed by atoms with E-state index in [2.05, 4.69) is 36.5 Å². The quantitative estimate of drug-likeness (QED) is 0.399. The highest BCUT2D eigenvalue weighted by atomic mass is 16.1. The maximum Gasteiger partial charge on any atom is 0.219 e. The van der Waals surface area contributed by atoms with Crippen LogP contribution in [0.25, 0.3) is 0 Å². The minimum atomic E-state index is 0.147. The molecule has 0 spiro atoms. The van der Waals surface area contributed by atoms with Gasteiger partial charge in [0.15, 0.2) is 0 Å². The van der Waals surface area contributed by atoms with Crippen LogP contribution >= 0.6 is 0 Å². The Morgan fingerprint density at radius 1 is 0.867 bits per heavy atom. The van der Waals surface area contributed by atoms with Gasteiger partial charge < -0.3 is 5.32 Å². The summed E-state index contributed by atoms with van der Waals surface area (Å²) in [5, 5.41) is 2.97. The van der Waals surface area contributed by atoms with Crippen molar-refractivity contribution in [3.05, 3.63) is 35.4 Å². The van der Waals surface area contributed by atoms with Crippen molar-refractivity contribution in [2.75, 3.05) is 6.54 Å². The summed E-state index contributed by atoms with van der Waals surface area (Å²) in [4.78, 5) is 11.4. The number of carbonyl (C=O) groups is 1. The normalized spacial score (nSPS) is 27.0. The van der Waals surface area contributed by atoms with Crippen molar-refractivity contribution in [1.82, 2.24) is 5.32 Å². The Kier molecular flexibility index (Phi) is 9.75. The molecule has 1 amide bonds. The molecule has 0 radical (unpaired) electrons. The minimum absolute atomic E-state index is 0.147. The lowest BCUT2D eigenvalue weighted by Crippen LogP contribution is -2.25. The van der Waals surface area contributed by atoms with Crippen molar-refractivity contribution >= 4 is 5.91 Å². The summed E-state index contributed by atoms with van der Waals surface area (Å²) >= 11 is 0. The molecule has 2 nitrogen and oxygen atoms in total. The summed E-state index contributed by atoms with van der Waals surface area (Å²) in [7, 11) is 0. The first-order chi connectivity index (χ1) is 14.7. The zero-order valence-electron chi connectivity index (χ0n) is 19.6. The van der Waals surface area contributed by atoms with Gasteiger partial charge in [-0.1, -0.05) is 76.6 Å². The van der Waals surface area contributed by atoms with Crippen LogP contribution < -0.4 is 5.32 Å². The summed E-state index contributed by atoms with van der Waals surface area (Å²) in [6.45, 7) is 4.97. The monoisotopic (exact) mass is 411 g/mol. The van der Waals surface area contributed by atoms with E-state index in [-0.39, 0.29) is 5.91 Å². The second-order valence-corrected chi connectivity index (χ2v) is 10.1. The van der Waals surface area contributed by atoms with Gasteiger partial charge in [-0.25, -0.2) is 0 Å². The van der Waals surface area contributed by atoms with E-state index in [0.717, 1.165) is 36.6 Å². The zero-order valence-corrected chi connectivity index (χ0v) is 19.6. The maximum atomic E-state index is 11.4. The second kappa shape index (κ2) is 12.5. The van der Waals surface area contributed by atoms with E-state index >= 15 is 0 Å². The number of carbonyl (C=O) groups excluding carboxylic acids is 1. The van der Waals surface area contributed by atoms with Gasteiger partial charge in [0.25, 0.3) is 0 Å².